The van der Waals surface area contributed by atoms with Crippen molar-refractivity contribution in [1.29, 1.82) is 0 Å². The summed E-state index contributed by atoms with van der Waals surface area (Å²) in [5, 5.41) is 4.59. The third-order valence-corrected chi connectivity index (χ3v) is 4.90. The van der Waals surface area contributed by atoms with Crippen molar-refractivity contribution in [3.8, 4) is 5.75 Å². The van der Waals surface area contributed by atoms with Gasteiger partial charge in [-0.1, -0.05) is 23.7 Å². The highest BCUT2D eigenvalue weighted by molar-refractivity contribution is 6.31. The van der Waals surface area contributed by atoms with Crippen LogP contribution in [0.3, 0.4) is 0 Å². The van der Waals surface area contributed by atoms with Crippen molar-refractivity contribution in [3.05, 3.63) is 81.6 Å². The first-order chi connectivity index (χ1) is 14.7. The van der Waals surface area contributed by atoms with Gasteiger partial charge in [0.1, 0.15) is 6.61 Å². The van der Waals surface area contributed by atoms with E-state index in [-0.39, 0.29) is 25.1 Å². The average molecular weight is 456 g/mol. The van der Waals surface area contributed by atoms with Gasteiger partial charge in [-0.05, 0) is 24.6 Å². The molecule has 0 fully saturated rings. The van der Waals surface area contributed by atoms with Crippen LogP contribution >= 0.6 is 11.6 Å². The topological polar surface area (TPSA) is 47.4 Å². The van der Waals surface area contributed by atoms with Crippen molar-refractivity contribution in [2.75, 3.05) is 7.05 Å². The Hall–Kier alpha value is -3.07. The minimum absolute atomic E-state index is 0.106. The Bertz CT molecular complexity index is 1080. The number of aromatic nitrogens is 2. The number of ether oxygens (including phenoxy) is 1. The van der Waals surface area contributed by atoms with Gasteiger partial charge in [-0.15, -0.1) is 0 Å². The second-order valence-corrected chi connectivity index (χ2v) is 7.11. The number of rotatable bonds is 7. The molecule has 0 bridgehead atoms. The lowest BCUT2D eigenvalue weighted by atomic mass is 10.1. The summed E-state index contributed by atoms with van der Waals surface area (Å²) in [5.74, 6) is -7.75. The molecule has 0 saturated heterocycles. The molecule has 0 spiro atoms. The third kappa shape index (κ3) is 4.82. The number of hydrogen-bond acceptors (Lipinski definition) is 3. The lowest BCUT2D eigenvalue weighted by Crippen LogP contribution is -2.27. The fourth-order valence-electron chi connectivity index (χ4n) is 2.91. The van der Waals surface area contributed by atoms with Crippen LogP contribution in [-0.2, 0) is 19.7 Å². The van der Waals surface area contributed by atoms with Gasteiger partial charge in [0.05, 0.1) is 23.5 Å². The highest BCUT2D eigenvalue weighted by Gasteiger charge is 2.21. The highest BCUT2D eigenvalue weighted by Crippen LogP contribution is 2.27. The number of nitrogens with zero attached hydrogens (tertiary/aromatic N) is 3. The molecule has 1 heterocycles. The van der Waals surface area contributed by atoms with Gasteiger partial charge >= 0.3 is 0 Å². The summed E-state index contributed by atoms with van der Waals surface area (Å²) >= 11 is 6.13. The van der Waals surface area contributed by atoms with E-state index in [4.69, 9.17) is 16.3 Å². The summed E-state index contributed by atoms with van der Waals surface area (Å²) < 4.78 is 60.5. The van der Waals surface area contributed by atoms with Crippen molar-refractivity contribution >= 4 is 17.5 Å². The SMILES string of the molecule is CCn1ncc(Cl)c1CN(C)C(=O)c1ccc(COc2c(F)c(F)cc(F)c2F)cc1. The zero-order valence-corrected chi connectivity index (χ0v) is 17.4. The Morgan fingerprint density at radius 3 is 2.32 bits per heavy atom. The molecular weight excluding hydrogens is 438 g/mol. The highest BCUT2D eigenvalue weighted by atomic mass is 35.5. The average Bonchev–Trinajstić information content (AvgIpc) is 3.11. The summed E-state index contributed by atoms with van der Waals surface area (Å²) in [7, 11) is 1.62. The number of halogens is 5. The Morgan fingerprint density at radius 1 is 1.13 bits per heavy atom. The van der Waals surface area contributed by atoms with Crippen LogP contribution in [0.1, 0.15) is 28.5 Å². The lowest BCUT2D eigenvalue weighted by Gasteiger charge is -2.18. The molecule has 31 heavy (non-hydrogen) atoms. The standard InChI is InChI=1S/C21H18ClF4N3O2/c1-3-29-17(14(22)9-27-29)10-28(2)21(30)13-6-4-12(5-7-13)11-31-20-18(25)15(23)8-16(24)19(20)26/h4-9H,3,10-11H2,1-2H3. The van der Waals surface area contributed by atoms with Crippen molar-refractivity contribution in [1.82, 2.24) is 14.7 Å². The zero-order valence-electron chi connectivity index (χ0n) is 16.6. The van der Waals surface area contributed by atoms with E-state index in [0.29, 0.717) is 28.4 Å². The van der Waals surface area contributed by atoms with Crippen molar-refractivity contribution in [2.24, 2.45) is 0 Å². The monoisotopic (exact) mass is 455 g/mol. The number of hydrogen-bond donors (Lipinski definition) is 0. The first kappa shape index (κ1) is 22.6. The van der Waals surface area contributed by atoms with E-state index in [1.54, 1.807) is 11.7 Å². The van der Waals surface area contributed by atoms with Gasteiger partial charge in [-0.25, -0.2) is 8.78 Å². The Balaban J connectivity index is 1.67. The fraction of sp³-hybridized carbons (Fsp3) is 0.238. The Kier molecular flexibility index (Phi) is 6.84. The zero-order chi connectivity index (χ0) is 22.7. The van der Waals surface area contributed by atoms with Crippen LogP contribution in [0.5, 0.6) is 5.75 Å². The smallest absolute Gasteiger partial charge is 0.253 e. The normalized spacial score (nSPS) is 10.9. The number of benzene rings is 2. The Labute approximate surface area is 180 Å². The maximum atomic E-state index is 13.7. The lowest BCUT2D eigenvalue weighted by molar-refractivity contribution is 0.0781. The molecule has 0 aliphatic rings. The van der Waals surface area contributed by atoms with Crippen LogP contribution in [0.25, 0.3) is 0 Å². The van der Waals surface area contributed by atoms with Gasteiger partial charge in [0.15, 0.2) is 17.4 Å². The van der Waals surface area contributed by atoms with Crippen LogP contribution in [0.4, 0.5) is 17.6 Å². The van der Waals surface area contributed by atoms with Crippen LogP contribution in [0, 0.1) is 23.3 Å². The summed E-state index contributed by atoms with van der Waals surface area (Å²) in [4.78, 5) is 14.1. The minimum Gasteiger partial charge on any atom is -0.483 e. The Morgan fingerprint density at radius 2 is 1.74 bits per heavy atom. The molecule has 5 nitrogen and oxygen atoms in total. The van der Waals surface area contributed by atoms with Gasteiger partial charge in [0, 0.05) is 25.2 Å². The van der Waals surface area contributed by atoms with Gasteiger partial charge in [-0.3, -0.25) is 9.48 Å². The van der Waals surface area contributed by atoms with Gasteiger partial charge in [0.2, 0.25) is 11.6 Å². The largest absolute Gasteiger partial charge is 0.483 e. The quantitative estimate of drug-likeness (QED) is 0.373. The van der Waals surface area contributed by atoms with Crippen molar-refractivity contribution < 1.29 is 27.1 Å². The van der Waals surface area contributed by atoms with Crippen LogP contribution in [0.15, 0.2) is 36.5 Å². The number of amides is 1. The van der Waals surface area contributed by atoms with E-state index in [2.05, 4.69) is 5.10 Å². The van der Waals surface area contributed by atoms with Crippen LogP contribution in [0.2, 0.25) is 5.02 Å². The van der Waals surface area contributed by atoms with Crippen LogP contribution < -0.4 is 4.74 Å². The molecule has 10 heteroatoms. The molecule has 0 N–H and O–H groups in total. The molecule has 0 aliphatic heterocycles. The molecule has 1 aromatic heterocycles. The van der Waals surface area contributed by atoms with Gasteiger partial charge in [-0.2, -0.15) is 13.9 Å². The first-order valence-electron chi connectivity index (χ1n) is 9.23. The molecule has 164 valence electrons. The van der Waals surface area contributed by atoms with Crippen molar-refractivity contribution in [3.63, 3.8) is 0 Å². The summed E-state index contributed by atoms with van der Waals surface area (Å²) in [6.45, 7) is 2.41. The van der Waals surface area contributed by atoms with E-state index in [0.717, 1.165) is 0 Å². The predicted octanol–water partition coefficient (Wildman–Crippen LogP) is 4.96. The molecule has 3 rings (SSSR count). The molecule has 0 unspecified atom stereocenters. The fourth-order valence-corrected chi connectivity index (χ4v) is 3.11. The molecule has 0 saturated carbocycles. The number of carbonyl (C=O) groups is 1. The molecule has 2 aromatic carbocycles. The van der Waals surface area contributed by atoms with E-state index in [9.17, 15) is 22.4 Å². The maximum Gasteiger partial charge on any atom is 0.253 e. The molecule has 0 atom stereocenters. The molecule has 0 aliphatic carbocycles. The second kappa shape index (κ2) is 9.38. The number of aryl methyl sites for hydroxylation is 1. The first-order valence-corrected chi connectivity index (χ1v) is 9.61. The van der Waals surface area contributed by atoms with Gasteiger partial charge < -0.3 is 9.64 Å². The molecular formula is C21H18ClF4N3O2. The summed E-state index contributed by atoms with van der Waals surface area (Å²) in [5.41, 5.74) is 1.50. The molecule has 0 radical (unpaired) electrons. The second-order valence-electron chi connectivity index (χ2n) is 6.70. The predicted molar refractivity (Wildman–Crippen MR) is 106 cm³/mol. The summed E-state index contributed by atoms with van der Waals surface area (Å²) in [6, 6.07) is 6.14. The van der Waals surface area contributed by atoms with Gasteiger partial charge in [0.25, 0.3) is 5.91 Å². The third-order valence-electron chi connectivity index (χ3n) is 4.59. The van der Waals surface area contributed by atoms with E-state index in [1.807, 2.05) is 6.92 Å². The maximum absolute atomic E-state index is 13.7. The summed E-state index contributed by atoms with van der Waals surface area (Å²) in [6.07, 6.45) is 1.52. The van der Waals surface area contributed by atoms with Crippen molar-refractivity contribution in [2.45, 2.75) is 26.6 Å². The number of carbonyl (C=O) groups excluding carboxylic acids is 1. The minimum atomic E-state index is -1.61. The van der Waals surface area contributed by atoms with E-state index < -0.39 is 29.0 Å². The van der Waals surface area contributed by atoms with Crippen LogP contribution in [-0.4, -0.2) is 27.6 Å². The molecule has 3 aromatic rings. The molecule has 1 amide bonds. The van der Waals surface area contributed by atoms with E-state index in [1.165, 1.54) is 35.4 Å². The van der Waals surface area contributed by atoms with E-state index >= 15 is 0 Å².